The summed E-state index contributed by atoms with van der Waals surface area (Å²) in [5.74, 6) is -0.155. The molecule has 0 aliphatic carbocycles. The summed E-state index contributed by atoms with van der Waals surface area (Å²) >= 11 is 0. The lowest BCUT2D eigenvalue weighted by Gasteiger charge is -2.06. The van der Waals surface area contributed by atoms with Crippen LogP contribution in [0.1, 0.15) is 19.5 Å². The van der Waals surface area contributed by atoms with Gasteiger partial charge in [0.1, 0.15) is 0 Å². The molecule has 3 N–H and O–H groups in total. The van der Waals surface area contributed by atoms with E-state index in [0.29, 0.717) is 17.9 Å². The SMILES string of the molecule is CC(C)=CC(=O)Nc1cccnc1CN. The normalized spacial score (nSPS) is 9.53. The first-order valence-corrected chi connectivity index (χ1v) is 4.73. The Balaban J connectivity index is 2.80. The summed E-state index contributed by atoms with van der Waals surface area (Å²) in [5, 5.41) is 2.73. The Kier molecular flexibility index (Phi) is 4.00. The third-order valence-corrected chi connectivity index (χ3v) is 1.76. The molecule has 1 amide bonds. The third kappa shape index (κ3) is 3.52. The molecule has 0 unspecified atom stereocenters. The first kappa shape index (κ1) is 11.4. The fourth-order valence-electron chi connectivity index (χ4n) is 1.15. The van der Waals surface area contributed by atoms with Crippen molar-refractivity contribution in [2.45, 2.75) is 20.4 Å². The van der Waals surface area contributed by atoms with Gasteiger partial charge in [0.2, 0.25) is 5.91 Å². The molecule has 1 rings (SSSR count). The van der Waals surface area contributed by atoms with Gasteiger partial charge in [-0.2, -0.15) is 0 Å². The first-order valence-electron chi connectivity index (χ1n) is 4.73. The van der Waals surface area contributed by atoms with E-state index < -0.39 is 0 Å². The summed E-state index contributed by atoms with van der Waals surface area (Å²) in [4.78, 5) is 15.5. The van der Waals surface area contributed by atoms with Crippen LogP contribution in [0.4, 0.5) is 5.69 Å². The topological polar surface area (TPSA) is 68.0 Å². The number of carbonyl (C=O) groups is 1. The summed E-state index contributed by atoms with van der Waals surface area (Å²) in [6.45, 7) is 4.05. The third-order valence-electron chi connectivity index (χ3n) is 1.76. The highest BCUT2D eigenvalue weighted by molar-refractivity contribution is 5.99. The highest BCUT2D eigenvalue weighted by Gasteiger charge is 2.03. The van der Waals surface area contributed by atoms with Crippen LogP contribution in [-0.4, -0.2) is 10.9 Å². The number of allylic oxidation sites excluding steroid dienone is 1. The standard InChI is InChI=1S/C11H15N3O/c1-8(2)6-11(15)14-9-4-3-5-13-10(9)7-12/h3-6H,7,12H2,1-2H3,(H,14,15). The van der Waals surface area contributed by atoms with Crippen LogP contribution in [0.5, 0.6) is 0 Å². The summed E-state index contributed by atoms with van der Waals surface area (Å²) in [7, 11) is 0. The maximum absolute atomic E-state index is 11.4. The molecule has 0 atom stereocenters. The van der Waals surface area contributed by atoms with Gasteiger partial charge in [0, 0.05) is 18.8 Å². The second kappa shape index (κ2) is 5.26. The van der Waals surface area contributed by atoms with Gasteiger partial charge in [-0.15, -0.1) is 0 Å². The first-order chi connectivity index (χ1) is 7.13. The van der Waals surface area contributed by atoms with Gasteiger partial charge in [-0.1, -0.05) is 5.57 Å². The smallest absolute Gasteiger partial charge is 0.248 e. The van der Waals surface area contributed by atoms with Crippen molar-refractivity contribution in [3.8, 4) is 0 Å². The van der Waals surface area contributed by atoms with Gasteiger partial charge in [-0.05, 0) is 26.0 Å². The summed E-state index contributed by atoms with van der Waals surface area (Å²) in [6, 6.07) is 3.54. The zero-order valence-electron chi connectivity index (χ0n) is 8.95. The van der Waals surface area contributed by atoms with Gasteiger partial charge in [-0.25, -0.2) is 0 Å². The monoisotopic (exact) mass is 205 g/mol. The van der Waals surface area contributed by atoms with E-state index in [1.165, 1.54) is 6.08 Å². The number of hydrogen-bond donors (Lipinski definition) is 2. The number of nitrogens with zero attached hydrogens (tertiary/aromatic N) is 1. The van der Waals surface area contributed by atoms with E-state index in [0.717, 1.165) is 5.57 Å². The van der Waals surface area contributed by atoms with Crippen LogP contribution in [0.2, 0.25) is 0 Å². The highest BCUT2D eigenvalue weighted by atomic mass is 16.1. The van der Waals surface area contributed by atoms with Crippen LogP contribution in [0.15, 0.2) is 30.0 Å². The molecule has 0 saturated carbocycles. The quantitative estimate of drug-likeness (QED) is 0.734. The van der Waals surface area contributed by atoms with E-state index in [-0.39, 0.29) is 5.91 Å². The molecular formula is C11H15N3O. The Morgan fingerprint density at radius 2 is 2.33 bits per heavy atom. The minimum Gasteiger partial charge on any atom is -0.325 e. The molecule has 1 aromatic heterocycles. The van der Waals surface area contributed by atoms with Gasteiger partial charge in [0.25, 0.3) is 0 Å². The highest BCUT2D eigenvalue weighted by Crippen LogP contribution is 2.11. The van der Waals surface area contributed by atoms with Gasteiger partial charge < -0.3 is 11.1 Å². The van der Waals surface area contributed by atoms with Crippen molar-refractivity contribution in [3.05, 3.63) is 35.7 Å². The van der Waals surface area contributed by atoms with Gasteiger partial charge >= 0.3 is 0 Å². The van der Waals surface area contributed by atoms with Crippen molar-refractivity contribution in [3.63, 3.8) is 0 Å². The van der Waals surface area contributed by atoms with Crippen LogP contribution in [0.25, 0.3) is 0 Å². The summed E-state index contributed by atoms with van der Waals surface area (Å²) in [5.41, 5.74) is 7.81. The van der Waals surface area contributed by atoms with Gasteiger partial charge in [0.05, 0.1) is 11.4 Å². The van der Waals surface area contributed by atoms with Crippen LogP contribution < -0.4 is 11.1 Å². The van der Waals surface area contributed by atoms with Gasteiger partial charge in [-0.3, -0.25) is 9.78 Å². The Bertz CT molecular complexity index is 381. The van der Waals surface area contributed by atoms with E-state index in [2.05, 4.69) is 10.3 Å². The molecule has 4 nitrogen and oxygen atoms in total. The van der Waals surface area contributed by atoms with Crippen molar-refractivity contribution in [1.82, 2.24) is 4.98 Å². The molecule has 1 aromatic rings. The van der Waals surface area contributed by atoms with E-state index in [1.54, 1.807) is 18.3 Å². The number of aromatic nitrogens is 1. The molecule has 0 aliphatic rings. The molecule has 4 heteroatoms. The number of anilines is 1. The molecule has 0 aromatic carbocycles. The number of nitrogens with two attached hydrogens (primary N) is 1. The van der Waals surface area contributed by atoms with Crippen LogP contribution in [0, 0.1) is 0 Å². The number of pyridine rings is 1. The largest absolute Gasteiger partial charge is 0.325 e. The van der Waals surface area contributed by atoms with Crippen LogP contribution in [0.3, 0.4) is 0 Å². The van der Waals surface area contributed by atoms with E-state index in [4.69, 9.17) is 5.73 Å². The molecule has 0 saturated heterocycles. The lowest BCUT2D eigenvalue weighted by molar-refractivity contribution is -0.111. The molecule has 0 bridgehead atoms. The molecule has 0 aliphatic heterocycles. The fraction of sp³-hybridized carbons (Fsp3) is 0.273. The predicted molar refractivity (Wildman–Crippen MR) is 60.2 cm³/mol. The zero-order valence-corrected chi connectivity index (χ0v) is 8.95. The second-order valence-electron chi connectivity index (χ2n) is 3.41. The zero-order chi connectivity index (χ0) is 11.3. The van der Waals surface area contributed by atoms with Crippen molar-refractivity contribution in [2.75, 3.05) is 5.32 Å². The fourth-order valence-corrected chi connectivity index (χ4v) is 1.15. The second-order valence-corrected chi connectivity index (χ2v) is 3.41. The lowest BCUT2D eigenvalue weighted by atomic mass is 10.2. The molecule has 0 spiro atoms. The average molecular weight is 205 g/mol. The number of hydrogen-bond acceptors (Lipinski definition) is 3. The Labute approximate surface area is 89.2 Å². The van der Waals surface area contributed by atoms with Crippen molar-refractivity contribution < 1.29 is 4.79 Å². The Morgan fingerprint density at radius 3 is 2.93 bits per heavy atom. The predicted octanol–water partition coefficient (Wildman–Crippen LogP) is 1.44. The van der Waals surface area contributed by atoms with Crippen molar-refractivity contribution in [1.29, 1.82) is 0 Å². The number of nitrogens with one attached hydrogen (secondary N) is 1. The van der Waals surface area contributed by atoms with E-state index in [9.17, 15) is 4.79 Å². The average Bonchev–Trinajstić information content (AvgIpc) is 2.17. The van der Waals surface area contributed by atoms with E-state index in [1.807, 2.05) is 13.8 Å². The maximum atomic E-state index is 11.4. The number of amides is 1. The maximum Gasteiger partial charge on any atom is 0.248 e. The van der Waals surface area contributed by atoms with Crippen LogP contribution >= 0.6 is 0 Å². The van der Waals surface area contributed by atoms with Gasteiger partial charge in [0.15, 0.2) is 0 Å². The molecule has 80 valence electrons. The molecule has 0 fully saturated rings. The molecular weight excluding hydrogens is 190 g/mol. The van der Waals surface area contributed by atoms with Crippen molar-refractivity contribution in [2.24, 2.45) is 5.73 Å². The Hall–Kier alpha value is -1.68. The minimum absolute atomic E-state index is 0.155. The van der Waals surface area contributed by atoms with Crippen molar-refractivity contribution >= 4 is 11.6 Å². The molecule has 0 radical (unpaired) electrons. The summed E-state index contributed by atoms with van der Waals surface area (Å²) in [6.07, 6.45) is 3.19. The molecule has 1 heterocycles. The number of rotatable bonds is 3. The lowest BCUT2D eigenvalue weighted by Crippen LogP contribution is -2.12. The molecule has 15 heavy (non-hydrogen) atoms. The number of carbonyl (C=O) groups excluding carboxylic acids is 1. The van der Waals surface area contributed by atoms with E-state index >= 15 is 0 Å². The Morgan fingerprint density at radius 1 is 1.60 bits per heavy atom. The summed E-state index contributed by atoms with van der Waals surface area (Å²) < 4.78 is 0. The minimum atomic E-state index is -0.155. The van der Waals surface area contributed by atoms with Crippen LogP contribution in [-0.2, 0) is 11.3 Å².